The number of nitrogens with zero attached hydrogens (tertiary/aromatic N) is 1. The second kappa shape index (κ2) is 8.89. The lowest BCUT2D eigenvalue weighted by Gasteiger charge is -2.30. The molecule has 1 amide bonds. The third-order valence-corrected chi connectivity index (χ3v) is 7.13. The number of aliphatic hydroxyl groups is 1. The summed E-state index contributed by atoms with van der Waals surface area (Å²) in [6.45, 7) is -0.00316. The van der Waals surface area contributed by atoms with Gasteiger partial charge in [-0.25, -0.2) is 8.42 Å². The fourth-order valence-corrected chi connectivity index (χ4v) is 4.87. The number of carbonyl (C=O) groups is 1. The van der Waals surface area contributed by atoms with Gasteiger partial charge in [0.15, 0.2) is 0 Å². The van der Waals surface area contributed by atoms with Gasteiger partial charge in [-0.15, -0.1) is 0 Å². The van der Waals surface area contributed by atoms with Gasteiger partial charge in [-0.05, 0) is 49.2 Å². The molecule has 1 saturated carbocycles. The SMILES string of the molecule is CN(C1CCCCC1)S(=O)(=O)c1ccc(C(=O)NCC(O)c2ccco2)cc1. The van der Waals surface area contributed by atoms with Crippen molar-refractivity contribution in [2.24, 2.45) is 0 Å². The number of nitrogens with one attached hydrogen (secondary N) is 1. The van der Waals surface area contributed by atoms with Crippen LogP contribution in [0.1, 0.15) is 54.3 Å². The Morgan fingerprint density at radius 1 is 1.21 bits per heavy atom. The molecule has 1 aliphatic rings. The van der Waals surface area contributed by atoms with Gasteiger partial charge >= 0.3 is 0 Å². The van der Waals surface area contributed by atoms with E-state index >= 15 is 0 Å². The van der Waals surface area contributed by atoms with Crippen LogP contribution < -0.4 is 5.32 Å². The van der Waals surface area contributed by atoms with Crippen molar-refractivity contribution in [1.29, 1.82) is 0 Å². The number of rotatable bonds is 7. The third kappa shape index (κ3) is 4.63. The summed E-state index contributed by atoms with van der Waals surface area (Å²) >= 11 is 0. The Kier molecular flexibility index (Phi) is 6.53. The standard InChI is InChI=1S/C20H26N2O5S/c1-22(16-6-3-2-4-7-16)28(25,26)17-11-9-15(10-12-17)20(24)21-14-18(23)19-8-5-13-27-19/h5,8-13,16,18,23H,2-4,6-7,14H2,1H3,(H,21,24). The number of benzene rings is 1. The minimum atomic E-state index is -3.59. The number of carbonyl (C=O) groups excluding carboxylic acids is 1. The third-order valence-electron chi connectivity index (χ3n) is 5.21. The molecule has 152 valence electrons. The molecule has 0 saturated heterocycles. The van der Waals surface area contributed by atoms with E-state index in [1.807, 2.05) is 0 Å². The summed E-state index contributed by atoms with van der Waals surface area (Å²) in [5.41, 5.74) is 0.325. The van der Waals surface area contributed by atoms with Crippen LogP contribution in [-0.2, 0) is 10.0 Å². The Bertz CT molecular complexity index is 872. The first kappa shape index (κ1) is 20.6. The molecule has 0 spiro atoms. The van der Waals surface area contributed by atoms with Crippen molar-refractivity contribution < 1.29 is 22.7 Å². The fourth-order valence-electron chi connectivity index (χ4n) is 3.46. The zero-order valence-electron chi connectivity index (χ0n) is 15.9. The minimum absolute atomic E-state index is 0.00316. The van der Waals surface area contributed by atoms with Crippen molar-refractivity contribution in [2.75, 3.05) is 13.6 Å². The van der Waals surface area contributed by atoms with Crippen molar-refractivity contribution in [3.05, 3.63) is 54.0 Å². The molecule has 0 aliphatic heterocycles. The molecule has 28 heavy (non-hydrogen) atoms. The quantitative estimate of drug-likeness (QED) is 0.736. The molecule has 1 fully saturated rings. The molecule has 2 N–H and O–H groups in total. The van der Waals surface area contributed by atoms with Crippen LogP contribution in [0.15, 0.2) is 52.0 Å². The minimum Gasteiger partial charge on any atom is -0.467 e. The van der Waals surface area contributed by atoms with E-state index in [0.717, 1.165) is 32.1 Å². The molecular weight excluding hydrogens is 380 g/mol. The summed E-state index contributed by atoms with van der Waals surface area (Å²) in [6, 6.07) is 9.18. The van der Waals surface area contributed by atoms with Gasteiger partial charge in [0.1, 0.15) is 11.9 Å². The van der Waals surface area contributed by atoms with E-state index in [0.29, 0.717) is 11.3 Å². The Balaban J connectivity index is 1.62. The first-order valence-electron chi connectivity index (χ1n) is 9.47. The molecule has 3 rings (SSSR count). The van der Waals surface area contributed by atoms with Crippen LogP contribution >= 0.6 is 0 Å². The lowest BCUT2D eigenvalue weighted by Crippen LogP contribution is -2.38. The zero-order chi connectivity index (χ0) is 20.1. The second-order valence-corrected chi connectivity index (χ2v) is 9.08. The van der Waals surface area contributed by atoms with E-state index in [1.165, 1.54) is 34.8 Å². The highest BCUT2D eigenvalue weighted by molar-refractivity contribution is 7.89. The molecule has 8 heteroatoms. The smallest absolute Gasteiger partial charge is 0.251 e. The van der Waals surface area contributed by atoms with E-state index in [1.54, 1.807) is 19.2 Å². The van der Waals surface area contributed by atoms with Gasteiger partial charge in [-0.1, -0.05) is 19.3 Å². The van der Waals surface area contributed by atoms with Crippen LogP contribution in [0.25, 0.3) is 0 Å². The van der Waals surface area contributed by atoms with Crippen LogP contribution in [0.2, 0.25) is 0 Å². The molecule has 2 aromatic rings. The van der Waals surface area contributed by atoms with Crippen LogP contribution in [0.5, 0.6) is 0 Å². The highest BCUT2D eigenvalue weighted by Crippen LogP contribution is 2.26. The van der Waals surface area contributed by atoms with Crippen LogP contribution in [0.3, 0.4) is 0 Å². The lowest BCUT2D eigenvalue weighted by atomic mass is 9.96. The summed E-state index contributed by atoms with van der Waals surface area (Å²) in [4.78, 5) is 12.4. The molecular formula is C20H26N2O5S. The molecule has 0 radical (unpaired) electrons. The molecule has 0 bridgehead atoms. The molecule has 1 aromatic heterocycles. The normalized spacial score (nSPS) is 16.8. The number of hydrogen-bond donors (Lipinski definition) is 2. The van der Waals surface area contributed by atoms with Gasteiger partial charge in [0.05, 0.1) is 17.7 Å². The molecule has 1 aliphatic carbocycles. The average molecular weight is 407 g/mol. The summed E-state index contributed by atoms with van der Waals surface area (Å²) in [5, 5.41) is 12.6. The van der Waals surface area contributed by atoms with E-state index in [2.05, 4.69) is 5.32 Å². The fraction of sp³-hybridized carbons (Fsp3) is 0.450. The van der Waals surface area contributed by atoms with Crippen LogP contribution in [0.4, 0.5) is 0 Å². The zero-order valence-corrected chi connectivity index (χ0v) is 16.7. The van der Waals surface area contributed by atoms with Crippen molar-refractivity contribution >= 4 is 15.9 Å². The maximum atomic E-state index is 12.8. The van der Waals surface area contributed by atoms with Gasteiger partial charge in [-0.3, -0.25) is 4.79 Å². The monoisotopic (exact) mass is 406 g/mol. The average Bonchev–Trinajstić information content (AvgIpc) is 3.27. The largest absolute Gasteiger partial charge is 0.467 e. The first-order valence-corrected chi connectivity index (χ1v) is 10.9. The number of furan rings is 1. The lowest BCUT2D eigenvalue weighted by molar-refractivity contribution is 0.0901. The topological polar surface area (TPSA) is 99.9 Å². The number of aliphatic hydroxyl groups excluding tert-OH is 1. The van der Waals surface area contributed by atoms with Crippen molar-refractivity contribution in [1.82, 2.24) is 9.62 Å². The number of amides is 1. The molecule has 1 unspecified atom stereocenters. The van der Waals surface area contributed by atoms with Crippen molar-refractivity contribution in [3.63, 3.8) is 0 Å². The van der Waals surface area contributed by atoms with Gasteiger partial charge in [0.25, 0.3) is 5.91 Å². The molecule has 1 aromatic carbocycles. The molecule has 1 heterocycles. The van der Waals surface area contributed by atoms with E-state index in [4.69, 9.17) is 4.42 Å². The maximum absolute atomic E-state index is 12.8. The molecule has 1 atom stereocenters. The van der Waals surface area contributed by atoms with Gasteiger partial charge in [-0.2, -0.15) is 4.31 Å². The van der Waals surface area contributed by atoms with E-state index in [-0.39, 0.29) is 17.5 Å². The maximum Gasteiger partial charge on any atom is 0.251 e. The highest BCUT2D eigenvalue weighted by atomic mass is 32.2. The second-order valence-electron chi connectivity index (χ2n) is 7.08. The first-order chi connectivity index (χ1) is 13.4. The Labute approximate surface area is 165 Å². The van der Waals surface area contributed by atoms with Crippen LogP contribution in [-0.4, -0.2) is 43.4 Å². The molecule has 7 nitrogen and oxygen atoms in total. The van der Waals surface area contributed by atoms with E-state index < -0.39 is 22.0 Å². The Morgan fingerprint density at radius 2 is 1.89 bits per heavy atom. The van der Waals surface area contributed by atoms with Gasteiger partial charge in [0, 0.05) is 18.7 Å². The van der Waals surface area contributed by atoms with Crippen LogP contribution in [0, 0.1) is 0 Å². The Morgan fingerprint density at radius 3 is 2.50 bits per heavy atom. The highest BCUT2D eigenvalue weighted by Gasteiger charge is 2.29. The number of hydrogen-bond acceptors (Lipinski definition) is 5. The Hall–Kier alpha value is -2.16. The predicted molar refractivity (Wildman–Crippen MR) is 104 cm³/mol. The van der Waals surface area contributed by atoms with Crippen molar-refractivity contribution in [2.45, 2.75) is 49.1 Å². The van der Waals surface area contributed by atoms with Crippen molar-refractivity contribution in [3.8, 4) is 0 Å². The summed E-state index contributed by atoms with van der Waals surface area (Å²) < 4.78 is 32.2. The van der Waals surface area contributed by atoms with Gasteiger partial charge < -0.3 is 14.8 Å². The van der Waals surface area contributed by atoms with Gasteiger partial charge in [0.2, 0.25) is 10.0 Å². The number of sulfonamides is 1. The summed E-state index contributed by atoms with van der Waals surface area (Å²) in [6.07, 6.45) is 5.53. The predicted octanol–water partition coefficient (Wildman–Crippen LogP) is 2.70. The van der Waals surface area contributed by atoms with E-state index in [9.17, 15) is 18.3 Å². The summed E-state index contributed by atoms with van der Waals surface area (Å²) in [5.74, 6) is -0.0253. The summed E-state index contributed by atoms with van der Waals surface area (Å²) in [7, 11) is -1.96.